The Morgan fingerprint density at radius 2 is 2.06 bits per heavy atom. The maximum absolute atomic E-state index is 11.0. The van der Waals surface area contributed by atoms with E-state index in [0.29, 0.717) is 0 Å². The van der Waals surface area contributed by atoms with Gasteiger partial charge in [0.1, 0.15) is 0 Å². The fourth-order valence-electron chi connectivity index (χ4n) is 1.67. The molecule has 0 aromatic heterocycles. The van der Waals surface area contributed by atoms with Crippen molar-refractivity contribution in [3.8, 4) is 0 Å². The van der Waals surface area contributed by atoms with E-state index < -0.39 is 24.4 Å². The van der Waals surface area contributed by atoms with Gasteiger partial charge in [0.25, 0.3) is 0 Å². The van der Waals surface area contributed by atoms with E-state index in [0.717, 1.165) is 0 Å². The molecule has 1 aliphatic rings. The second-order valence-electron chi connectivity index (χ2n) is 3.67. The Kier molecular flexibility index (Phi) is 5.17. The predicted molar refractivity (Wildman–Crippen MR) is 57.0 cm³/mol. The van der Waals surface area contributed by atoms with E-state index >= 15 is 0 Å². The quantitative estimate of drug-likeness (QED) is 0.439. The molecule has 0 bridgehead atoms. The predicted octanol–water partition coefficient (Wildman–Crippen LogP) is -2.32. The molecule has 0 radical (unpaired) electrons. The number of aliphatic hydroxyl groups excluding tert-OH is 3. The van der Waals surface area contributed by atoms with Crippen molar-refractivity contribution in [2.45, 2.75) is 42.1 Å². The zero-order valence-corrected chi connectivity index (χ0v) is 10.9. The molecule has 5 atom stereocenters. The monoisotopic (exact) mass is 299 g/mol. The van der Waals surface area contributed by atoms with Crippen LogP contribution in [0.5, 0.6) is 0 Å². The van der Waals surface area contributed by atoms with Crippen molar-refractivity contribution < 1.29 is 24.9 Å². The molecule has 1 rings (SSSR count). The van der Waals surface area contributed by atoms with E-state index in [1.165, 1.54) is 6.92 Å². The summed E-state index contributed by atoms with van der Waals surface area (Å²) in [5.74, 6) is 1.63. The van der Waals surface area contributed by atoms with Crippen LogP contribution in [-0.2, 0) is 9.53 Å². The molecule has 0 aromatic rings. The van der Waals surface area contributed by atoms with Crippen molar-refractivity contribution in [2.24, 2.45) is 0 Å². The molecule has 7 heteroatoms. The molecule has 1 fully saturated rings. The number of ether oxygens (including phenoxy) is 1. The summed E-state index contributed by atoms with van der Waals surface area (Å²) in [4.78, 5) is 11.0. The summed E-state index contributed by atoms with van der Waals surface area (Å²) in [6.07, 6.45) is -3.08. The van der Waals surface area contributed by atoms with Gasteiger partial charge in [0, 0.05) is 0 Å². The van der Waals surface area contributed by atoms with Crippen LogP contribution >= 0.6 is 0 Å². The normalized spacial score (nSPS) is 39.4. The van der Waals surface area contributed by atoms with Crippen LogP contribution in [0.3, 0.4) is 0 Å². The Labute approximate surface area is 100 Å². The van der Waals surface area contributed by atoms with Gasteiger partial charge in [-0.25, -0.2) is 0 Å². The van der Waals surface area contributed by atoms with Gasteiger partial charge in [0.2, 0.25) is 0 Å². The van der Waals surface area contributed by atoms with Gasteiger partial charge in [-0.3, -0.25) is 0 Å². The summed E-state index contributed by atoms with van der Waals surface area (Å²) in [6.45, 7) is 0.995. The van der Waals surface area contributed by atoms with Gasteiger partial charge in [0.15, 0.2) is 0 Å². The average molecular weight is 298 g/mol. The molecular formula is C9H17NO5Se. The average Bonchev–Trinajstić information content (AvgIpc) is 2.25. The molecule has 4 N–H and O–H groups in total. The van der Waals surface area contributed by atoms with E-state index in [2.05, 4.69) is 5.32 Å². The zero-order valence-electron chi connectivity index (χ0n) is 9.16. The Bertz CT molecular complexity index is 250. The first kappa shape index (κ1) is 13.9. The number of amides is 1. The van der Waals surface area contributed by atoms with E-state index in [1.807, 2.05) is 5.82 Å². The summed E-state index contributed by atoms with van der Waals surface area (Å²) in [5.41, 5.74) is 0. The molecule has 94 valence electrons. The fraction of sp³-hybridized carbons (Fsp3) is 0.889. The van der Waals surface area contributed by atoms with Gasteiger partial charge in [-0.1, -0.05) is 0 Å². The first-order valence-electron chi connectivity index (χ1n) is 4.93. The van der Waals surface area contributed by atoms with Crippen molar-refractivity contribution in [2.75, 3.05) is 6.61 Å². The number of rotatable bonds is 3. The van der Waals surface area contributed by atoms with Gasteiger partial charge in [-0.05, 0) is 0 Å². The molecule has 6 nitrogen and oxygen atoms in total. The van der Waals surface area contributed by atoms with Crippen LogP contribution in [0.4, 0.5) is 0 Å². The Morgan fingerprint density at radius 1 is 1.44 bits per heavy atom. The molecule has 0 aromatic carbocycles. The minimum absolute atomic E-state index is 0.0294. The molecule has 1 aliphatic heterocycles. The number of aliphatic hydroxyl groups is 3. The molecule has 1 amide bonds. The Hall–Kier alpha value is -0.171. The first-order valence-corrected chi connectivity index (χ1v) is 7.63. The van der Waals surface area contributed by atoms with Gasteiger partial charge in [-0.15, -0.1) is 0 Å². The fourth-order valence-corrected chi connectivity index (χ4v) is 3.30. The number of hydrogen-bond acceptors (Lipinski definition) is 5. The third-order valence-electron chi connectivity index (χ3n) is 2.48. The number of hydrogen-bond donors (Lipinski definition) is 4. The number of nitrogens with one attached hydrogen (secondary N) is 1. The summed E-state index contributed by atoms with van der Waals surface area (Å²) < 4.78 is 5.43. The van der Waals surface area contributed by atoms with Crippen LogP contribution in [0.25, 0.3) is 0 Å². The SMILES string of the molecule is C[Se]C1O[C@H](CO)[C@H](O)[C@H](O)[C@H]1NC(C)=O. The molecule has 1 saturated heterocycles. The second-order valence-corrected chi connectivity index (χ2v) is 5.63. The van der Waals surface area contributed by atoms with Crippen molar-refractivity contribution in [3.05, 3.63) is 0 Å². The van der Waals surface area contributed by atoms with Crippen LogP contribution in [0, 0.1) is 0 Å². The van der Waals surface area contributed by atoms with Gasteiger partial charge in [-0.2, -0.15) is 0 Å². The van der Waals surface area contributed by atoms with Crippen LogP contribution < -0.4 is 5.32 Å². The third kappa shape index (κ3) is 2.94. The van der Waals surface area contributed by atoms with Crippen LogP contribution in [0.1, 0.15) is 6.92 Å². The zero-order chi connectivity index (χ0) is 12.3. The van der Waals surface area contributed by atoms with Gasteiger partial charge in [0.05, 0.1) is 0 Å². The summed E-state index contributed by atoms with van der Waals surface area (Å²) >= 11 is 0.0294. The van der Waals surface area contributed by atoms with E-state index in [9.17, 15) is 15.0 Å². The molecule has 0 spiro atoms. The topological polar surface area (TPSA) is 99.0 Å². The Morgan fingerprint density at radius 3 is 2.50 bits per heavy atom. The van der Waals surface area contributed by atoms with E-state index in [4.69, 9.17) is 9.84 Å². The molecule has 1 heterocycles. The summed E-state index contributed by atoms with van der Waals surface area (Å²) in [5, 5.41) is 30.7. The van der Waals surface area contributed by atoms with Crippen LogP contribution in [0.2, 0.25) is 5.82 Å². The maximum atomic E-state index is 11.0. The van der Waals surface area contributed by atoms with Crippen molar-refractivity contribution in [3.63, 3.8) is 0 Å². The standard InChI is InChI=1S/C9H17NO5Se/c1-4(12)10-6-8(14)7(13)5(3-11)15-9(6)16-2/h5-9,11,13-14H,3H2,1-2H3,(H,10,12)/t5-,6-,7+,8-,9?/m1/s1. The van der Waals surface area contributed by atoms with Crippen molar-refractivity contribution in [1.29, 1.82) is 0 Å². The Balaban J connectivity index is 2.77. The van der Waals surface area contributed by atoms with Crippen LogP contribution in [-0.4, -0.2) is 72.1 Å². The molecule has 0 saturated carbocycles. The number of carbonyl (C=O) groups excluding carboxylic acids is 1. The first-order chi connectivity index (χ1) is 7.51. The summed E-state index contributed by atoms with van der Waals surface area (Å²) in [6, 6.07) is -0.611. The van der Waals surface area contributed by atoms with E-state index in [1.54, 1.807) is 0 Å². The van der Waals surface area contributed by atoms with E-state index in [-0.39, 0.29) is 32.5 Å². The molecular weight excluding hydrogens is 281 g/mol. The van der Waals surface area contributed by atoms with Crippen molar-refractivity contribution >= 4 is 20.9 Å². The minimum atomic E-state index is -1.18. The molecule has 1 unspecified atom stereocenters. The van der Waals surface area contributed by atoms with Gasteiger partial charge < -0.3 is 0 Å². The third-order valence-corrected chi connectivity index (χ3v) is 4.31. The molecule has 16 heavy (non-hydrogen) atoms. The summed E-state index contributed by atoms with van der Waals surface area (Å²) in [7, 11) is 0. The molecule has 0 aliphatic carbocycles. The second kappa shape index (κ2) is 5.95. The van der Waals surface area contributed by atoms with Crippen molar-refractivity contribution in [1.82, 2.24) is 5.32 Å². The van der Waals surface area contributed by atoms with Crippen LogP contribution in [0.15, 0.2) is 0 Å². The van der Waals surface area contributed by atoms with Gasteiger partial charge >= 0.3 is 99.7 Å². The number of carbonyl (C=O) groups is 1.